The normalized spacial score (nSPS) is 19.1. The van der Waals surface area contributed by atoms with Crippen molar-refractivity contribution in [3.63, 3.8) is 0 Å². The molecule has 0 saturated carbocycles. The summed E-state index contributed by atoms with van der Waals surface area (Å²) in [5.74, 6) is 0.746. The van der Waals surface area contributed by atoms with Gasteiger partial charge < -0.3 is 9.84 Å². The van der Waals surface area contributed by atoms with E-state index in [0.29, 0.717) is 6.42 Å². The number of hydrogen-bond donors (Lipinski definition) is 2. The van der Waals surface area contributed by atoms with Gasteiger partial charge in [-0.25, -0.2) is 4.39 Å². The number of nitrogens with one attached hydrogen (secondary N) is 1. The van der Waals surface area contributed by atoms with Gasteiger partial charge in [0.15, 0.2) is 0 Å². The zero-order chi connectivity index (χ0) is 19.5. The van der Waals surface area contributed by atoms with Crippen LogP contribution in [-0.4, -0.2) is 17.9 Å². The smallest absolute Gasteiger partial charge is 0.126 e. The molecule has 2 unspecified atom stereocenters. The third kappa shape index (κ3) is 3.75. The van der Waals surface area contributed by atoms with Crippen molar-refractivity contribution < 1.29 is 14.2 Å². The third-order valence-corrected chi connectivity index (χ3v) is 4.96. The zero-order valence-electron chi connectivity index (χ0n) is 15.5. The number of ether oxygens (including phenoxy) is 1. The van der Waals surface area contributed by atoms with Gasteiger partial charge in [0, 0.05) is 23.7 Å². The highest BCUT2D eigenvalue weighted by atomic mass is 19.1. The molecule has 1 heterocycles. The molecular formula is C23H21FN2O2. The van der Waals surface area contributed by atoms with E-state index in [1.807, 2.05) is 36.4 Å². The second-order valence-corrected chi connectivity index (χ2v) is 6.74. The summed E-state index contributed by atoms with van der Waals surface area (Å²) in [5, 5.41) is 13.8. The van der Waals surface area contributed by atoms with E-state index < -0.39 is 0 Å². The van der Waals surface area contributed by atoms with Crippen LogP contribution in [0.4, 0.5) is 4.39 Å². The van der Waals surface area contributed by atoms with Crippen LogP contribution in [0.5, 0.6) is 11.5 Å². The van der Waals surface area contributed by atoms with Gasteiger partial charge in [-0.15, -0.1) is 0 Å². The summed E-state index contributed by atoms with van der Waals surface area (Å²) in [6, 6.07) is 21.3. The van der Waals surface area contributed by atoms with E-state index in [0.717, 1.165) is 28.2 Å². The van der Waals surface area contributed by atoms with Crippen molar-refractivity contribution in [2.24, 2.45) is 4.99 Å². The van der Waals surface area contributed by atoms with Crippen LogP contribution in [0.15, 0.2) is 77.8 Å². The summed E-state index contributed by atoms with van der Waals surface area (Å²) in [6.07, 6.45) is 0.305. The topological polar surface area (TPSA) is 53.9 Å². The maximum atomic E-state index is 13.4. The highest BCUT2D eigenvalue weighted by Gasteiger charge is 2.27. The molecule has 0 aromatic heterocycles. The lowest BCUT2D eigenvalue weighted by atomic mass is 9.93. The molecule has 4 nitrogen and oxygen atoms in total. The SMILES string of the molecule is COc1ccc(C2N=C(c3ccc(F)cc3)CC(c3ccccc3O)N2)cc1. The van der Waals surface area contributed by atoms with Gasteiger partial charge in [-0.2, -0.15) is 0 Å². The number of benzene rings is 3. The predicted octanol–water partition coefficient (Wildman–Crippen LogP) is 4.76. The summed E-state index contributed by atoms with van der Waals surface area (Å²) in [4.78, 5) is 4.87. The molecule has 3 aromatic carbocycles. The van der Waals surface area contributed by atoms with Crippen LogP contribution in [0.3, 0.4) is 0 Å². The van der Waals surface area contributed by atoms with Gasteiger partial charge in [0.2, 0.25) is 0 Å². The highest BCUT2D eigenvalue weighted by molar-refractivity contribution is 6.01. The van der Waals surface area contributed by atoms with Crippen molar-refractivity contribution in [2.75, 3.05) is 7.11 Å². The first-order chi connectivity index (χ1) is 13.6. The predicted molar refractivity (Wildman–Crippen MR) is 107 cm³/mol. The van der Waals surface area contributed by atoms with Crippen LogP contribution in [0.2, 0.25) is 0 Å². The molecule has 0 amide bonds. The van der Waals surface area contributed by atoms with E-state index in [2.05, 4.69) is 5.32 Å². The number of aliphatic imine (C=N–C) groups is 1. The number of halogens is 1. The van der Waals surface area contributed by atoms with Crippen molar-refractivity contribution in [2.45, 2.75) is 18.6 Å². The molecule has 0 aliphatic carbocycles. The van der Waals surface area contributed by atoms with Gasteiger partial charge >= 0.3 is 0 Å². The van der Waals surface area contributed by atoms with E-state index in [9.17, 15) is 9.50 Å². The molecule has 0 saturated heterocycles. The first-order valence-corrected chi connectivity index (χ1v) is 9.14. The minimum atomic E-state index is -0.288. The molecular weight excluding hydrogens is 355 g/mol. The van der Waals surface area contributed by atoms with E-state index in [-0.39, 0.29) is 23.8 Å². The molecule has 0 radical (unpaired) electrons. The molecule has 5 heteroatoms. The largest absolute Gasteiger partial charge is 0.508 e. The Morgan fingerprint density at radius 2 is 1.71 bits per heavy atom. The number of aromatic hydroxyl groups is 1. The Hall–Kier alpha value is -3.18. The molecule has 28 heavy (non-hydrogen) atoms. The Morgan fingerprint density at radius 1 is 1.00 bits per heavy atom. The number of phenols is 1. The Kier molecular flexibility index (Phi) is 5.08. The molecule has 0 bridgehead atoms. The maximum Gasteiger partial charge on any atom is 0.126 e. The zero-order valence-corrected chi connectivity index (χ0v) is 15.5. The molecule has 4 rings (SSSR count). The summed E-state index contributed by atoms with van der Waals surface area (Å²) in [5.41, 5.74) is 3.55. The standard InChI is InChI=1S/C23H21FN2O2/c1-28-18-12-8-16(9-13-18)23-25-20(15-6-10-17(24)11-7-15)14-21(26-23)19-4-2-3-5-22(19)27/h2-13,21,23,26-27H,14H2,1H3. The van der Waals surface area contributed by atoms with Crippen LogP contribution >= 0.6 is 0 Å². The van der Waals surface area contributed by atoms with Crippen molar-refractivity contribution in [1.29, 1.82) is 0 Å². The molecule has 0 spiro atoms. The van der Waals surface area contributed by atoms with Crippen LogP contribution in [-0.2, 0) is 0 Å². The number of rotatable bonds is 4. The third-order valence-electron chi connectivity index (χ3n) is 4.96. The van der Waals surface area contributed by atoms with Crippen LogP contribution in [0.1, 0.15) is 35.3 Å². The average molecular weight is 376 g/mol. The molecule has 2 atom stereocenters. The summed E-state index contributed by atoms with van der Waals surface area (Å²) in [6.45, 7) is 0. The Bertz CT molecular complexity index is 984. The van der Waals surface area contributed by atoms with Gasteiger partial charge in [0.1, 0.15) is 23.5 Å². The number of hydrogen-bond acceptors (Lipinski definition) is 4. The van der Waals surface area contributed by atoms with Crippen LogP contribution in [0.25, 0.3) is 0 Å². The summed E-state index contributed by atoms with van der Waals surface area (Å²) >= 11 is 0. The van der Waals surface area contributed by atoms with Gasteiger partial charge in [-0.1, -0.05) is 42.5 Å². The fourth-order valence-corrected chi connectivity index (χ4v) is 3.46. The second-order valence-electron chi connectivity index (χ2n) is 6.74. The molecule has 1 aliphatic heterocycles. The van der Waals surface area contributed by atoms with Crippen LogP contribution in [0, 0.1) is 5.82 Å². The minimum absolute atomic E-state index is 0.120. The van der Waals surface area contributed by atoms with E-state index in [1.165, 1.54) is 12.1 Å². The lowest BCUT2D eigenvalue weighted by Crippen LogP contribution is -2.33. The summed E-state index contributed by atoms with van der Waals surface area (Å²) in [7, 11) is 1.63. The maximum absolute atomic E-state index is 13.4. The van der Waals surface area contributed by atoms with Gasteiger partial charge in [0.25, 0.3) is 0 Å². The monoisotopic (exact) mass is 376 g/mol. The lowest BCUT2D eigenvalue weighted by molar-refractivity contribution is 0.408. The fourth-order valence-electron chi connectivity index (χ4n) is 3.46. The van der Waals surface area contributed by atoms with Crippen molar-refractivity contribution >= 4 is 5.71 Å². The van der Waals surface area contributed by atoms with Crippen molar-refractivity contribution in [3.8, 4) is 11.5 Å². The van der Waals surface area contributed by atoms with Gasteiger partial charge in [-0.3, -0.25) is 10.3 Å². The number of phenolic OH excluding ortho intramolecular Hbond substituents is 1. The van der Waals surface area contributed by atoms with Crippen molar-refractivity contribution in [1.82, 2.24) is 5.32 Å². The fraction of sp³-hybridized carbons (Fsp3) is 0.174. The molecule has 0 fully saturated rings. The van der Waals surface area contributed by atoms with E-state index in [1.54, 1.807) is 31.4 Å². The minimum Gasteiger partial charge on any atom is -0.508 e. The molecule has 1 aliphatic rings. The first-order valence-electron chi connectivity index (χ1n) is 9.14. The van der Waals surface area contributed by atoms with Gasteiger partial charge in [-0.05, 0) is 41.5 Å². The van der Waals surface area contributed by atoms with E-state index in [4.69, 9.17) is 9.73 Å². The Morgan fingerprint density at radius 3 is 2.39 bits per heavy atom. The summed E-state index contributed by atoms with van der Waals surface area (Å²) < 4.78 is 18.6. The molecule has 3 aromatic rings. The molecule has 142 valence electrons. The van der Waals surface area contributed by atoms with Gasteiger partial charge in [0.05, 0.1) is 7.11 Å². The second kappa shape index (κ2) is 7.82. The van der Waals surface area contributed by atoms with Crippen LogP contribution < -0.4 is 10.1 Å². The first kappa shape index (κ1) is 18.2. The number of methoxy groups -OCH3 is 1. The average Bonchev–Trinajstić information content (AvgIpc) is 2.74. The van der Waals surface area contributed by atoms with Crippen molar-refractivity contribution in [3.05, 3.63) is 95.3 Å². The highest BCUT2D eigenvalue weighted by Crippen LogP contribution is 2.34. The Labute approximate surface area is 163 Å². The lowest BCUT2D eigenvalue weighted by Gasteiger charge is -2.31. The Balaban J connectivity index is 1.73. The van der Waals surface area contributed by atoms with E-state index >= 15 is 0 Å². The quantitative estimate of drug-likeness (QED) is 0.690. The molecule has 2 N–H and O–H groups in total. The number of para-hydroxylation sites is 1. The number of nitrogens with zero attached hydrogens (tertiary/aromatic N) is 1.